The van der Waals surface area contributed by atoms with Crippen LogP contribution in [-0.2, 0) is 0 Å². The van der Waals surface area contributed by atoms with Crippen molar-refractivity contribution in [3.63, 3.8) is 0 Å². The van der Waals surface area contributed by atoms with Crippen LogP contribution in [0.2, 0.25) is 0 Å². The molecule has 90 valence electrons. The number of nitrogens with zero attached hydrogens (tertiary/aromatic N) is 2. The summed E-state index contributed by atoms with van der Waals surface area (Å²) in [5.41, 5.74) is 0.551. The summed E-state index contributed by atoms with van der Waals surface area (Å²) in [6.07, 6.45) is 2.12. The average Bonchev–Trinajstić information content (AvgIpc) is 2.36. The second-order valence-electron chi connectivity index (χ2n) is 3.79. The number of aromatic nitrogens is 2. The van der Waals surface area contributed by atoms with Gasteiger partial charge in [0.05, 0.1) is 23.6 Å². The van der Waals surface area contributed by atoms with E-state index in [9.17, 15) is 4.39 Å². The summed E-state index contributed by atoms with van der Waals surface area (Å²) in [7, 11) is 0. The molecule has 0 amide bonds. The quantitative estimate of drug-likeness (QED) is 0.850. The van der Waals surface area contributed by atoms with E-state index in [-0.39, 0.29) is 18.5 Å². The molecule has 0 fully saturated rings. The molecule has 17 heavy (non-hydrogen) atoms. The molecule has 4 nitrogen and oxygen atoms in total. The van der Waals surface area contributed by atoms with Crippen LogP contribution in [0.4, 0.5) is 10.2 Å². The van der Waals surface area contributed by atoms with E-state index in [2.05, 4.69) is 15.3 Å². The summed E-state index contributed by atoms with van der Waals surface area (Å²) in [6, 6.07) is 4.58. The predicted octanol–water partition coefficient (Wildman–Crippen LogP) is 1.95. The van der Waals surface area contributed by atoms with Crippen LogP contribution in [0.25, 0.3) is 10.9 Å². The summed E-state index contributed by atoms with van der Waals surface area (Å²) in [5.74, 6) is 0.0624. The fourth-order valence-corrected chi connectivity index (χ4v) is 1.65. The van der Waals surface area contributed by atoms with Crippen LogP contribution in [-0.4, -0.2) is 27.7 Å². The number of hydrogen-bond acceptors (Lipinski definition) is 4. The highest BCUT2D eigenvalue weighted by Crippen LogP contribution is 2.22. The maximum absolute atomic E-state index is 13.7. The molecule has 0 aliphatic heterocycles. The van der Waals surface area contributed by atoms with Gasteiger partial charge in [0, 0.05) is 0 Å². The van der Waals surface area contributed by atoms with Gasteiger partial charge < -0.3 is 10.4 Å². The summed E-state index contributed by atoms with van der Waals surface area (Å²) < 4.78 is 13.7. The van der Waals surface area contributed by atoms with Gasteiger partial charge in [0.1, 0.15) is 18.0 Å². The van der Waals surface area contributed by atoms with Crippen LogP contribution < -0.4 is 5.32 Å². The van der Waals surface area contributed by atoms with Gasteiger partial charge in [0.2, 0.25) is 0 Å². The number of nitrogens with one attached hydrogen (secondary N) is 1. The lowest BCUT2D eigenvalue weighted by molar-refractivity contribution is 0.271. The number of benzene rings is 1. The van der Waals surface area contributed by atoms with E-state index in [0.717, 1.165) is 6.42 Å². The van der Waals surface area contributed by atoms with Crippen LogP contribution in [0.15, 0.2) is 24.5 Å². The van der Waals surface area contributed by atoms with Crippen molar-refractivity contribution in [2.24, 2.45) is 0 Å². The molecular weight excluding hydrogens is 221 g/mol. The fourth-order valence-electron chi connectivity index (χ4n) is 1.65. The molecule has 0 aliphatic rings. The van der Waals surface area contributed by atoms with Crippen molar-refractivity contribution in [1.29, 1.82) is 0 Å². The molecule has 0 saturated heterocycles. The molecule has 1 heterocycles. The lowest BCUT2D eigenvalue weighted by Crippen LogP contribution is -2.23. The van der Waals surface area contributed by atoms with Crippen molar-refractivity contribution in [1.82, 2.24) is 9.97 Å². The predicted molar refractivity (Wildman–Crippen MR) is 64.3 cm³/mol. The van der Waals surface area contributed by atoms with E-state index < -0.39 is 0 Å². The highest BCUT2D eigenvalue weighted by atomic mass is 19.1. The van der Waals surface area contributed by atoms with Crippen molar-refractivity contribution in [3.8, 4) is 0 Å². The van der Waals surface area contributed by atoms with Gasteiger partial charge in [-0.25, -0.2) is 14.4 Å². The molecule has 1 atom stereocenters. The van der Waals surface area contributed by atoms with Gasteiger partial charge in [-0.15, -0.1) is 0 Å². The molecule has 0 saturated carbocycles. The second kappa shape index (κ2) is 5.05. The number of aliphatic hydroxyl groups is 1. The molecule has 2 N–H and O–H groups in total. The van der Waals surface area contributed by atoms with E-state index in [1.54, 1.807) is 12.1 Å². The van der Waals surface area contributed by atoms with Crippen LogP contribution in [0, 0.1) is 5.82 Å². The smallest absolute Gasteiger partial charge is 0.140 e. The second-order valence-corrected chi connectivity index (χ2v) is 3.79. The first-order valence-electron chi connectivity index (χ1n) is 5.53. The van der Waals surface area contributed by atoms with Crippen LogP contribution >= 0.6 is 0 Å². The van der Waals surface area contributed by atoms with Gasteiger partial charge in [-0.1, -0.05) is 13.0 Å². The standard InChI is InChI=1S/C12H14FN3O/c1-2-8(6-17)16-12-11-9(13)4-3-5-10(11)14-7-15-12/h3-5,7-8,17H,2,6H2,1H3,(H,14,15,16). The maximum Gasteiger partial charge on any atom is 0.140 e. The molecule has 2 rings (SSSR count). The third-order valence-electron chi connectivity index (χ3n) is 2.67. The Bertz CT molecular complexity index is 509. The van der Waals surface area contributed by atoms with Gasteiger partial charge >= 0.3 is 0 Å². The van der Waals surface area contributed by atoms with E-state index in [4.69, 9.17) is 5.11 Å². The first kappa shape index (κ1) is 11.7. The molecule has 1 aromatic heterocycles. The largest absolute Gasteiger partial charge is 0.394 e. The highest BCUT2D eigenvalue weighted by Gasteiger charge is 2.11. The van der Waals surface area contributed by atoms with Crippen LogP contribution in [0.3, 0.4) is 0 Å². The van der Waals surface area contributed by atoms with E-state index in [1.807, 2.05) is 6.92 Å². The Kier molecular flexibility index (Phi) is 3.49. The minimum atomic E-state index is -0.363. The molecule has 1 aromatic carbocycles. The SMILES string of the molecule is CCC(CO)Nc1ncnc2cccc(F)c12. The van der Waals surface area contributed by atoms with Crippen molar-refractivity contribution in [2.75, 3.05) is 11.9 Å². The number of fused-ring (bicyclic) bond motifs is 1. The lowest BCUT2D eigenvalue weighted by Gasteiger charge is -2.15. The molecule has 0 spiro atoms. The number of hydrogen-bond donors (Lipinski definition) is 2. The number of halogens is 1. The van der Waals surface area contributed by atoms with E-state index >= 15 is 0 Å². The first-order valence-corrected chi connectivity index (χ1v) is 5.53. The third-order valence-corrected chi connectivity index (χ3v) is 2.67. The minimum Gasteiger partial charge on any atom is -0.394 e. The lowest BCUT2D eigenvalue weighted by atomic mass is 10.2. The fraction of sp³-hybridized carbons (Fsp3) is 0.333. The average molecular weight is 235 g/mol. The molecule has 0 aliphatic carbocycles. The third kappa shape index (κ3) is 2.34. The Labute approximate surface area is 98.5 Å². The first-order chi connectivity index (χ1) is 8.26. The van der Waals surface area contributed by atoms with Gasteiger partial charge in [-0.3, -0.25) is 0 Å². The Balaban J connectivity index is 2.46. The van der Waals surface area contributed by atoms with Gasteiger partial charge in [0.15, 0.2) is 0 Å². The number of anilines is 1. The molecule has 5 heteroatoms. The van der Waals surface area contributed by atoms with Gasteiger partial charge in [-0.05, 0) is 18.6 Å². The molecule has 0 radical (unpaired) electrons. The van der Waals surface area contributed by atoms with Crippen molar-refractivity contribution < 1.29 is 9.50 Å². The maximum atomic E-state index is 13.7. The van der Waals surface area contributed by atoms with Crippen molar-refractivity contribution >= 4 is 16.7 Å². The summed E-state index contributed by atoms with van der Waals surface area (Å²) in [6.45, 7) is 1.92. The monoisotopic (exact) mass is 235 g/mol. The Morgan fingerprint density at radius 2 is 2.24 bits per heavy atom. The topological polar surface area (TPSA) is 58.0 Å². The highest BCUT2D eigenvalue weighted by molar-refractivity contribution is 5.89. The van der Waals surface area contributed by atoms with Crippen LogP contribution in [0.1, 0.15) is 13.3 Å². The molecule has 2 aromatic rings. The summed E-state index contributed by atoms with van der Waals surface area (Å²) in [5, 5.41) is 12.5. The minimum absolute atomic E-state index is 0.0174. The number of aliphatic hydroxyl groups excluding tert-OH is 1. The Morgan fingerprint density at radius 1 is 1.41 bits per heavy atom. The summed E-state index contributed by atoms with van der Waals surface area (Å²) in [4.78, 5) is 8.04. The zero-order valence-electron chi connectivity index (χ0n) is 9.52. The zero-order chi connectivity index (χ0) is 12.3. The van der Waals surface area contributed by atoms with Crippen molar-refractivity contribution in [3.05, 3.63) is 30.3 Å². The van der Waals surface area contributed by atoms with E-state index in [0.29, 0.717) is 16.7 Å². The van der Waals surface area contributed by atoms with Gasteiger partial charge in [-0.2, -0.15) is 0 Å². The summed E-state index contributed by atoms with van der Waals surface area (Å²) >= 11 is 0. The molecular formula is C12H14FN3O. The molecule has 0 bridgehead atoms. The normalized spacial score (nSPS) is 12.6. The Hall–Kier alpha value is -1.75. The van der Waals surface area contributed by atoms with Crippen molar-refractivity contribution in [2.45, 2.75) is 19.4 Å². The Morgan fingerprint density at radius 3 is 2.94 bits per heavy atom. The van der Waals surface area contributed by atoms with Crippen LogP contribution in [0.5, 0.6) is 0 Å². The zero-order valence-corrected chi connectivity index (χ0v) is 9.52. The van der Waals surface area contributed by atoms with E-state index in [1.165, 1.54) is 12.4 Å². The number of rotatable bonds is 4. The van der Waals surface area contributed by atoms with Gasteiger partial charge in [0.25, 0.3) is 0 Å². The molecule has 1 unspecified atom stereocenters.